The predicted octanol–water partition coefficient (Wildman–Crippen LogP) is 0.717. The summed E-state index contributed by atoms with van der Waals surface area (Å²) in [5.41, 5.74) is 3.76. The van der Waals surface area contributed by atoms with Crippen LogP contribution in [0.25, 0.3) is 0 Å². The largest absolute Gasteiger partial charge is 0.321 e. The average molecular weight is 303 g/mol. The summed E-state index contributed by atoms with van der Waals surface area (Å²) in [5, 5.41) is 8.54. The Morgan fingerprint density at radius 3 is 2.57 bits per heavy atom. The molecule has 0 amide bonds. The van der Waals surface area contributed by atoms with Gasteiger partial charge in [-0.1, -0.05) is 12.1 Å². The molecule has 21 heavy (non-hydrogen) atoms. The second kappa shape index (κ2) is 6.32. The van der Waals surface area contributed by atoms with Crippen LogP contribution in [0.15, 0.2) is 47.6 Å². The van der Waals surface area contributed by atoms with Crippen molar-refractivity contribution in [3.8, 4) is 6.07 Å². The molecule has 1 aromatic heterocycles. The maximum atomic E-state index is 12.2. The Balaban J connectivity index is 2.16. The van der Waals surface area contributed by atoms with Crippen LogP contribution >= 0.6 is 0 Å². The number of nitrogens with one attached hydrogen (secondary N) is 2. The summed E-state index contributed by atoms with van der Waals surface area (Å²) in [5.74, 6) is 5.27. The normalized spacial score (nSPS) is 10.9. The lowest BCUT2D eigenvalue weighted by molar-refractivity contribution is 0.578. The summed E-state index contributed by atoms with van der Waals surface area (Å²) in [7, 11) is -3.79. The summed E-state index contributed by atoms with van der Waals surface area (Å²) in [6.45, 7) is 0.0919. The number of nitriles is 1. The van der Waals surface area contributed by atoms with Gasteiger partial charge in [-0.05, 0) is 29.8 Å². The van der Waals surface area contributed by atoms with Gasteiger partial charge in [-0.25, -0.2) is 18.1 Å². The molecular formula is C13H13N5O2S. The number of pyridine rings is 1. The van der Waals surface area contributed by atoms with Gasteiger partial charge in [-0.3, -0.25) is 5.84 Å². The third-order valence-electron chi connectivity index (χ3n) is 2.73. The Bertz CT molecular complexity index is 766. The molecule has 0 atom stereocenters. The monoisotopic (exact) mass is 303 g/mol. The Morgan fingerprint density at radius 2 is 1.95 bits per heavy atom. The Hall–Kier alpha value is -2.47. The van der Waals surface area contributed by atoms with Gasteiger partial charge in [0.2, 0.25) is 0 Å². The van der Waals surface area contributed by atoms with Crippen LogP contribution in [-0.2, 0) is 16.6 Å². The van der Waals surface area contributed by atoms with Gasteiger partial charge in [0.05, 0.1) is 17.3 Å². The van der Waals surface area contributed by atoms with Gasteiger partial charge in [0.1, 0.15) is 0 Å². The Labute approximate surface area is 122 Å². The molecule has 7 nitrogen and oxygen atoms in total. The Kier molecular flexibility index (Phi) is 4.49. The van der Waals surface area contributed by atoms with Crippen LogP contribution in [0, 0.1) is 11.3 Å². The first-order valence-corrected chi connectivity index (χ1v) is 7.45. The number of sulfonamides is 1. The number of hydrazine groups is 1. The highest BCUT2D eigenvalue weighted by Gasteiger charge is 2.19. The van der Waals surface area contributed by atoms with Gasteiger partial charge >= 0.3 is 0 Å². The van der Waals surface area contributed by atoms with Crippen molar-refractivity contribution in [3.63, 3.8) is 0 Å². The number of benzene rings is 1. The first-order valence-electron chi connectivity index (χ1n) is 5.97. The van der Waals surface area contributed by atoms with Crippen molar-refractivity contribution in [2.45, 2.75) is 11.6 Å². The van der Waals surface area contributed by atoms with E-state index >= 15 is 0 Å². The van der Waals surface area contributed by atoms with E-state index in [9.17, 15) is 8.42 Å². The molecule has 4 N–H and O–H groups in total. The van der Waals surface area contributed by atoms with E-state index in [4.69, 9.17) is 11.1 Å². The molecule has 0 spiro atoms. The minimum atomic E-state index is -3.79. The van der Waals surface area contributed by atoms with Crippen molar-refractivity contribution >= 4 is 15.7 Å². The number of hydrogen-bond acceptors (Lipinski definition) is 6. The molecule has 0 aliphatic rings. The first kappa shape index (κ1) is 14.9. The first-order chi connectivity index (χ1) is 10.1. The third-order valence-corrected chi connectivity index (χ3v) is 4.09. The smallest absolute Gasteiger partial charge is 0.260 e. The van der Waals surface area contributed by atoms with E-state index in [1.54, 1.807) is 30.3 Å². The van der Waals surface area contributed by atoms with Crippen molar-refractivity contribution in [2.24, 2.45) is 5.84 Å². The zero-order valence-electron chi connectivity index (χ0n) is 10.9. The maximum absolute atomic E-state index is 12.2. The number of anilines is 1. The van der Waals surface area contributed by atoms with Crippen molar-refractivity contribution in [2.75, 3.05) is 5.43 Å². The lowest BCUT2D eigenvalue weighted by atomic mass is 10.1. The van der Waals surface area contributed by atoms with Crippen LogP contribution in [0.1, 0.15) is 11.1 Å². The molecule has 0 fully saturated rings. The molecule has 108 valence electrons. The van der Waals surface area contributed by atoms with Crippen LogP contribution in [0.3, 0.4) is 0 Å². The van der Waals surface area contributed by atoms with E-state index in [2.05, 4.69) is 15.1 Å². The number of nitrogen functional groups attached to an aromatic ring is 1. The lowest BCUT2D eigenvalue weighted by Gasteiger charge is -2.09. The van der Waals surface area contributed by atoms with E-state index in [0.29, 0.717) is 5.56 Å². The highest BCUT2D eigenvalue weighted by atomic mass is 32.2. The zero-order chi connectivity index (χ0) is 15.3. The molecule has 0 saturated heterocycles. The quantitative estimate of drug-likeness (QED) is 0.552. The van der Waals surface area contributed by atoms with Crippen LogP contribution in [-0.4, -0.2) is 13.4 Å². The second-order valence-electron chi connectivity index (χ2n) is 4.13. The number of rotatable bonds is 5. The van der Waals surface area contributed by atoms with Gasteiger partial charge in [-0.2, -0.15) is 5.26 Å². The van der Waals surface area contributed by atoms with Crippen molar-refractivity contribution < 1.29 is 8.42 Å². The number of nitrogens with two attached hydrogens (primary N) is 1. The molecule has 2 rings (SSSR count). The van der Waals surface area contributed by atoms with E-state index in [0.717, 1.165) is 5.56 Å². The van der Waals surface area contributed by atoms with Crippen molar-refractivity contribution in [1.82, 2.24) is 9.71 Å². The molecule has 0 radical (unpaired) electrons. The maximum Gasteiger partial charge on any atom is 0.260 e. The molecular weight excluding hydrogens is 290 g/mol. The van der Waals surface area contributed by atoms with Crippen LogP contribution in [0.5, 0.6) is 0 Å². The van der Waals surface area contributed by atoms with Crippen molar-refractivity contribution in [1.29, 1.82) is 5.26 Å². The summed E-state index contributed by atoms with van der Waals surface area (Å²) in [4.78, 5) is 3.82. The number of aromatic nitrogens is 1. The second-order valence-corrected chi connectivity index (χ2v) is 5.82. The molecule has 8 heteroatoms. The molecule has 2 aromatic rings. The summed E-state index contributed by atoms with van der Waals surface area (Å²) >= 11 is 0. The highest BCUT2D eigenvalue weighted by molar-refractivity contribution is 7.89. The zero-order valence-corrected chi connectivity index (χ0v) is 11.8. The molecule has 0 aliphatic heterocycles. The molecule has 0 saturated carbocycles. The van der Waals surface area contributed by atoms with Gasteiger partial charge in [0.15, 0.2) is 5.03 Å². The standard InChI is InChI=1S/C13H13N5O2S/c14-8-10-3-5-11(6-4-10)9-17-21(19,20)13-12(18-15)2-1-7-16-13/h1-7,17-18H,9,15H2. The van der Waals surface area contributed by atoms with Gasteiger partial charge in [0.25, 0.3) is 10.0 Å². The number of hydrogen-bond donors (Lipinski definition) is 3. The van der Waals surface area contributed by atoms with E-state index in [-0.39, 0.29) is 17.3 Å². The molecule has 0 bridgehead atoms. The van der Waals surface area contributed by atoms with Gasteiger partial charge in [-0.15, -0.1) is 0 Å². The van der Waals surface area contributed by atoms with Gasteiger partial charge in [0, 0.05) is 12.7 Å². The van der Waals surface area contributed by atoms with E-state index < -0.39 is 10.0 Å². The van der Waals surface area contributed by atoms with E-state index in [1.165, 1.54) is 12.3 Å². The average Bonchev–Trinajstić information content (AvgIpc) is 2.53. The predicted molar refractivity (Wildman–Crippen MR) is 77.2 cm³/mol. The fourth-order valence-corrected chi connectivity index (χ4v) is 2.77. The summed E-state index contributed by atoms with van der Waals surface area (Å²) in [6.07, 6.45) is 1.37. The summed E-state index contributed by atoms with van der Waals surface area (Å²) < 4.78 is 26.8. The molecule has 1 aromatic carbocycles. The fourth-order valence-electron chi connectivity index (χ4n) is 1.66. The lowest BCUT2D eigenvalue weighted by Crippen LogP contribution is -2.26. The minimum Gasteiger partial charge on any atom is -0.321 e. The fraction of sp³-hybridized carbons (Fsp3) is 0.0769. The third kappa shape index (κ3) is 3.55. The Morgan fingerprint density at radius 1 is 1.24 bits per heavy atom. The SMILES string of the molecule is N#Cc1ccc(CNS(=O)(=O)c2ncccc2NN)cc1. The van der Waals surface area contributed by atoms with Crippen molar-refractivity contribution in [3.05, 3.63) is 53.7 Å². The minimum absolute atomic E-state index is 0.0919. The van der Waals surface area contributed by atoms with Crippen LogP contribution in [0.2, 0.25) is 0 Å². The van der Waals surface area contributed by atoms with Crippen LogP contribution in [0.4, 0.5) is 5.69 Å². The highest BCUT2D eigenvalue weighted by Crippen LogP contribution is 2.16. The topological polar surface area (TPSA) is 121 Å². The number of nitrogens with zero attached hydrogens (tertiary/aromatic N) is 2. The molecule has 0 unspecified atom stereocenters. The summed E-state index contributed by atoms with van der Waals surface area (Å²) in [6, 6.07) is 11.7. The van der Waals surface area contributed by atoms with E-state index in [1.807, 2.05) is 6.07 Å². The van der Waals surface area contributed by atoms with Crippen LogP contribution < -0.4 is 16.0 Å². The van der Waals surface area contributed by atoms with Gasteiger partial charge < -0.3 is 5.43 Å². The molecule has 1 heterocycles. The molecule has 0 aliphatic carbocycles.